The lowest BCUT2D eigenvalue weighted by Crippen LogP contribution is -2.41. The van der Waals surface area contributed by atoms with Crippen LogP contribution >= 0.6 is 0 Å². The van der Waals surface area contributed by atoms with Crippen molar-refractivity contribution in [2.24, 2.45) is 4.99 Å². The second-order valence-corrected chi connectivity index (χ2v) is 14.2. The van der Waals surface area contributed by atoms with Gasteiger partial charge in [-0.25, -0.2) is 0 Å². The topological polar surface area (TPSA) is 23.5 Å². The van der Waals surface area contributed by atoms with Gasteiger partial charge in [0.25, 0.3) is 11.7 Å². The SMILES string of the molecule is C1=CC2c3cc(-c4ccc5c(c4)c4cc(-c6ccccc6)ccc4n5[N+]4=C(c5ccccc5)N=C4c4ccccc4)ccc3N(c3ccccc3)C2C=C1. The normalized spacial score (nSPS) is 17.1. The summed E-state index contributed by atoms with van der Waals surface area (Å²) in [5.41, 5.74) is 13.1. The number of rotatable bonds is 6. The number of fused-ring (bicyclic) bond motifs is 6. The van der Waals surface area contributed by atoms with E-state index in [1.165, 1.54) is 50.0 Å². The predicted octanol–water partition coefficient (Wildman–Crippen LogP) is 11.5. The summed E-state index contributed by atoms with van der Waals surface area (Å²) in [4.78, 5) is 7.65. The Morgan fingerprint density at radius 2 is 1.00 bits per heavy atom. The van der Waals surface area contributed by atoms with Gasteiger partial charge in [0.1, 0.15) is 0 Å². The third-order valence-electron chi connectivity index (χ3n) is 11.1. The van der Waals surface area contributed by atoms with Gasteiger partial charge in [0, 0.05) is 28.1 Å². The number of anilines is 2. The zero-order valence-electron chi connectivity index (χ0n) is 29.5. The molecule has 11 rings (SSSR count). The maximum absolute atomic E-state index is 5.16. The van der Waals surface area contributed by atoms with Gasteiger partial charge in [-0.05, 0) is 101 Å². The molecule has 0 fully saturated rings. The van der Waals surface area contributed by atoms with Gasteiger partial charge in [-0.1, -0.05) is 132 Å². The molecule has 2 atom stereocenters. The molecule has 0 N–H and O–H groups in total. The van der Waals surface area contributed by atoms with Crippen molar-refractivity contribution >= 4 is 44.9 Å². The van der Waals surface area contributed by atoms with E-state index in [9.17, 15) is 0 Å². The number of aliphatic imine (C=N–C) groups is 1. The van der Waals surface area contributed by atoms with E-state index in [0.29, 0.717) is 5.92 Å². The Morgan fingerprint density at radius 3 is 1.67 bits per heavy atom. The molecule has 1 aliphatic carbocycles. The summed E-state index contributed by atoms with van der Waals surface area (Å²) in [5, 5.41) is 2.41. The largest absolute Gasteiger partial charge is 0.333 e. The van der Waals surface area contributed by atoms with Crippen LogP contribution in [-0.4, -0.2) is 27.1 Å². The molecule has 0 amide bonds. The summed E-state index contributed by atoms with van der Waals surface area (Å²) in [5.74, 6) is 2.14. The first-order chi connectivity index (χ1) is 26.8. The third-order valence-corrected chi connectivity index (χ3v) is 11.1. The van der Waals surface area contributed by atoms with Gasteiger partial charge in [0.2, 0.25) is 0 Å². The van der Waals surface area contributed by atoms with Gasteiger partial charge in [-0.3, -0.25) is 0 Å². The van der Waals surface area contributed by atoms with E-state index in [1.807, 2.05) is 0 Å². The summed E-state index contributed by atoms with van der Waals surface area (Å²) in [6.07, 6.45) is 9.08. The van der Waals surface area contributed by atoms with Crippen LogP contribution in [0.15, 0.2) is 205 Å². The van der Waals surface area contributed by atoms with E-state index in [1.54, 1.807) is 0 Å². The lowest BCUT2D eigenvalue weighted by molar-refractivity contribution is -0.475. The Hall–Kier alpha value is -7.04. The van der Waals surface area contributed by atoms with Gasteiger partial charge in [0.15, 0.2) is 0 Å². The van der Waals surface area contributed by atoms with Crippen molar-refractivity contribution in [2.75, 3.05) is 4.90 Å². The highest BCUT2D eigenvalue weighted by molar-refractivity contribution is 6.16. The zero-order valence-corrected chi connectivity index (χ0v) is 29.5. The quantitative estimate of drug-likeness (QED) is 0.159. The van der Waals surface area contributed by atoms with Crippen LogP contribution in [0.25, 0.3) is 44.1 Å². The Kier molecular flexibility index (Phi) is 6.96. The molecule has 3 aliphatic rings. The van der Waals surface area contributed by atoms with E-state index in [0.717, 1.165) is 33.8 Å². The molecule has 0 saturated heterocycles. The Morgan fingerprint density at radius 1 is 0.463 bits per heavy atom. The number of hydrogen-bond acceptors (Lipinski definition) is 2. The molecule has 254 valence electrons. The molecule has 7 aromatic carbocycles. The number of aromatic nitrogens is 1. The first-order valence-corrected chi connectivity index (χ1v) is 18.6. The number of allylic oxidation sites excluding steroid dienone is 2. The molecule has 54 heavy (non-hydrogen) atoms. The fourth-order valence-corrected chi connectivity index (χ4v) is 8.61. The molecule has 0 radical (unpaired) electrons. The fraction of sp³-hybridized carbons (Fsp3) is 0.0400. The van der Waals surface area contributed by atoms with E-state index < -0.39 is 0 Å². The van der Waals surface area contributed by atoms with Crippen LogP contribution in [0.4, 0.5) is 11.4 Å². The van der Waals surface area contributed by atoms with Crippen molar-refractivity contribution in [3.63, 3.8) is 0 Å². The smallest absolute Gasteiger partial charge is 0.296 e. The van der Waals surface area contributed by atoms with Crippen LogP contribution in [0.5, 0.6) is 0 Å². The maximum atomic E-state index is 5.16. The van der Waals surface area contributed by atoms with Crippen molar-refractivity contribution in [1.29, 1.82) is 0 Å². The summed E-state index contributed by atoms with van der Waals surface area (Å²) in [7, 11) is 0. The highest BCUT2D eigenvalue weighted by Gasteiger charge is 2.38. The van der Waals surface area contributed by atoms with Crippen molar-refractivity contribution < 1.29 is 4.68 Å². The maximum Gasteiger partial charge on any atom is 0.296 e. The summed E-state index contributed by atoms with van der Waals surface area (Å²) in [6.45, 7) is 0. The lowest BCUT2D eigenvalue weighted by atomic mass is 9.89. The molecule has 4 heteroatoms. The molecule has 2 unspecified atom stereocenters. The van der Waals surface area contributed by atoms with Crippen molar-refractivity contribution in [3.8, 4) is 22.3 Å². The number of hydrogen-bond donors (Lipinski definition) is 0. The fourth-order valence-electron chi connectivity index (χ4n) is 8.61. The average Bonchev–Trinajstić information content (AvgIpc) is 3.73. The zero-order chi connectivity index (χ0) is 35.6. The third kappa shape index (κ3) is 4.77. The molecular formula is C50H35N4+. The van der Waals surface area contributed by atoms with Gasteiger partial charge in [-0.15, -0.1) is 4.68 Å². The van der Waals surface area contributed by atoms with Crippen molar-refractivity contribution in [2.45, 2.75) is 12.0 Å². The van der Waals surface area contributed by atoms with Gasteiger partial charge < -0.3 is 4.90 Å². The monoisotopic (exact) mass is 691 g/mol. The molecule has 0 spiro atoms. The molecule has 2 aliphatic heterocycles. The highest BCUT2D eigenvalue weighted by Crippen LogP contribution is 2.49. The molecule has 0 saturated carbocycles. The van der Waals surface area contributed by atoms with E-state index >= 15 is 0 Å². The lowest BCUT2D eigenvalue weighted by Gasteiger charge is -2.28. The molecular weight excluding hydrogens is 657 g/mol. The molecule has 8 aromatic rings. The predicted molar refractivity (Wildman–Crippen MR) is 223 cm³/mol. The molecule has 0 bridgehead atoms. The summed E-state index contributed by atoms with van der Waals surface area (Å²) >= 11 is 0. The van der Waals surface area contributed by atoms with Crippen LogP contribution < -0.4 is 4.90 Å². The summed E-state index contributed by atoms with van der Waals surface area (Å²) < 4.78 is 4.67. The Balaban J connectivity index is 1.12. The average molecular weight is 692 g/mol. The Bertz CT molecular complexity index is 2860. The van der Waals surface area contributed by atoms with Gasteiger partial charge in [-0.2, -0.15) is 4.68 Å². The molecule has 1 aromatic heterocycles. The van der Waals surface area contributed by atoms with Gasteiger partial charge >= 0.3 is 0 Å². The first kappa shape index (κ1) is 30.6. The van der Waals surface area contributed by atoms with Crippen LogP contribution in [0.3, 0.4) is 0 Å². The second kappa shape index (κ2) is 12.3. The minimum atomic E-state index is 0.256. The van der Waals surface area contributed by atoms with Crippen LogP contribution in [0.2, 0.25) is 0 Å². The number of amidine groups is 2. The van der Waals surface area contributed by atoms with Crippen LogP contribution in [0, 0.1) is 0 Å². The minimum absolute atomic E-state index is 0.256. The molecule has 4 nitrogen and oxygen atoms in total. The van der Waals surface area contributed by atoms with Crippen molar-refractivity contribution in [1.82, 2.24) is 4.68 Å². The standard InChI is InChI=1S/C50H35N4/c1-5-15-34(16-6-1)37-26-29-47-43(31-37)44-33-39(38-25-28-46-42(32-38)41-23-13-14-24-45(41)52(46)40-21-11-4-12-22-40)27-30-48(44)53(47)54-49(35-17-7-2-8-18-35)51-50(54)36-19-9-3-10-20-36/h1-33,41,45H/q+1. The van der Waals surface area contributed by atoms with Crippen LogP contribution in [0.1, 0.15) is 22.6 Å². The second-order valence-electron chi connectivity index (χ2n) is 14.2. The van der Waals surface area contributed by atoms with E-state index in [4.69, 9.17) is 4.99 Å². The van der Waals surface area contributed by atoms with Gasteiger partial charge in [0.05, 0.1) is 28.2 Å². The number of para-hydroxylation sites is 1. The minimum Gasteiger partial charge on any atom is -0.333 e. The van der Waals surface area contributed by atoms with E-state index in [2.05, 4.69) is 214 Å². The number of benzene rings is 7. The van der Waals surface area contributed by atoms with E-state index in [-0.39, 0.29) is 6.04 Å². The first-order valence-electron chi connectivity index (χ1n) is 18.6. The number of nitrogens with zero attached hydrogens (tertiary/aromatic N) is 4. The molecule has 3 heterocycles. The van der Waals surface area contributed by atoms with Crippen molar-refractivity contribution in [3.05, 3.63) is 217 Å². The Labute approximate surface area is 314 Å². The van der Waals surface area contributed by atoms with Crippen LogP contribution in [-0.2, 0) is 0 Å². The highest BCUT2D eigenvalue weighted by atomic mass is 15.6. The summed E-state index contributed by atoms with van der Waals surface area (Å²) in [6, 6.07) is 63.6.